The van der Waals surface area contributed by atoms with Gasteiger partial charge in [0, 0.05) is 5.54 Å². The van der Waals surface area contributed by atoms with Gasteiger partial charge in [0.05, 0.1) is 4.90 Å². The fourth-order valence-corrected chi connectivity index (χ4v) is 8.21. The summed E-state index contributed by atoms with van der Waals surface area (Å²) in [5.41, 5.74) is 3.74. The fraction of sp³-hybridized carbons (Fsp3) is 0.700. The van der Waals surface area contributed by atoms with E-state index in [1.807, 2.05) is 27.7 Å². The van der Waals surface area contributed by atoms with Gasteiger partial charge in [-0.05, 0) is 106 Å². The number of nitrogens with one attached hydrogen (secondary N) is 1. The van der Waals surface area contributed by atoms with Gasteiger partial charge >= 0.3 is 0 Å². The molecule has 0 aromatic heterocycles. The van der Waals surface area contributed by atoms with Crippen LogP contribution >= 0.6 is 0 Å². The molecule has 4 bridgehead atoms. The van der Waals surface area contributed by atoms with E-state index in [-0.39, 0.29) is 5.54 Å². The smallest absolute Gasteiger partial charge is 0.207 e. The Hall–Kier alpha value is -0.870. The van der Waals surface area contributed by atoms with Crippen molar-refractivity contribution in [2.24, 2.45) is 17.8 Å². The van der Waals surface area contributed by atoms with E-state index in [4.69, 9.17) is 0 Å². The molecule has 4 saturated carbocycles. The minimum atomic E-state index is -3.48. The molecule has 4 aliphatic carbocycles. The van der Waals surface area contributed by atoms with E-state index < -0.39 is 10.0 Å². The van der Waals surface area contributed by atoms with E-state index in [1.165, 1.54) is 19.3 Å². The zero-order valence-electron chi connectivity index (χ0n) is 15.3. The largest absolute Gasteiger partial charge is 0.241 e. The summed E-state index contributed by atoms with van der Waals surface area (Å²) in [7, 11) is -3.48. The summed E-state index contributed by atoms with van der Waals surface area (Å²) in [5, 5.41) is 0. The predicted octanol–water partition coefficient (Wildman–Crippen LogP) is 4.17. The molecule has 1 aromatic rings. The second-order valence-electron chi connectivity index (χ2n) is 8.89. The Morgan fingerprint density at radius 2 is 1.29 bits per heavy atom. The molecule has 4 aliphatic rings. The molecule has 24 heavy (non-hydrogen) atoms. The zero-order chi connectivity index (χ0) is 17.3. The molecule has 0 unspecified atom stereocenters. The summed E-state index contributed by atoms with van der Waals surface area (Å²) in [5.74, 6) is 2.21. The first-order chi connectivity index (χ1) is 11.2. The summed E-state index contributed by atoms with van der Waals surface area (Å²) < 4.78 is 29.9. The molecule has 0 aliphatic heterocycles. The van der Waals surface area contributed by atoms with Crippen molar-refractivity contribution in [1.82, 2.24) is 4.72 Å². The van der Waals surface area contributed by atoms with E-state index in [1.54, 1.807) is 0 Å². The lowest BCUT2D eigenvalue weighted by molar-refractivity contribution is -0.00811. The first-order valence-electron chi connectivity index (χ1n) is 9.30. The number of rotatable bonds is 3. The van der Waals surface area contributed by atoms with E-state index in [9.17, 15) is 8.42 Å². The van der Waals surface area contributed by atoms with Gasteiger partial charge in [0.25, 0.3) is 0 Å². The van der Waals surface area contributed by atoms with Crippen LogP contribution in [0.25, 0.3) is 0 Å². The molecule has 0 atom stereocenters. The predicted molar refractivity (Wildman–Crippen MR) is 96.6 cm³/mol. The highest BCUT2D eigenvalue weighted by molar-refractivity contribution is 7.89. The van der Waals surface area contributed by atoms with Gasteiger partial charge in [-0.15, -0.1) is 0 Å². The Kier molecular flexibility index (Phi) is 3.67. The summed E-state index contributed by atoms with van der Waals surface area (Å²) >= 11 is 0. The molecular formula is C20H29NO2S. The van der Waals surface area contributed by atoms with Crippen LogP contribution < -0.4 is 4.72 Å². The third-order valence-electron chi connectivity index (χ3n) is 6.96. The molecule has 4 heteroatoms. The maximum absolute atomic E-state index is 13.4. The molecule has 0 spiro atoms. The van der Waals surface area contributed by atoms with Crippen LogP contribution in [0, 0.1) is 45.4 Å². The van der Waals surface area contributed by atoms with Crippen LogP contribution in [0.5, 0.6) is 0 Å². The SMILES string of the molecule is Cc1cc(C)c(C)c(S(=O)(=O)NC23CC4CC(CC(C4)C2)C3)c1C. The number of aryl methyl sites for hydroxylation is 2. The minimum absolute atomic E-state index is 0.176. The van der Waals surface area contributed by atoms with Crippen LogP contribution in [0.4, 0.5) is 0 Å². The van der Waals surface area contributed by atoms with Crippen LogP contribution in [0.15, 0.2) is 11.0 Å². The van der Waals surface area contributed by atoms with Crippen LogP contribution in [0.2, 0.25) is 0 Å². The third kappa shape index (κ3) is 2.53. The lowest BCUT2D eigenvalue weighted by Gasteiger charge is -2.56. The van der Waals surface area contributed by atoms with E-state index in [2.05, 4.69) is 10.8 Å². The van der Waals surface area contributed by atoms with Gasteiger partial charge in [-0.2, -0.15) is 0 Å². The van der Waals surface area contributed by atoms with Crippen molar-refractivity contribution in [1.29, 1.82) is 0 Å². The van der Waals surface area contributed by atoms with E-state index in [0.29, 0.717) is 4.90 Å². The van der Waals surface area contributed by atoms with E-state index in [0.717, 1.165) is 59.3 Å². The standard InChI is InChI=1S/C20H29NO2S/c1-12-5-13(2)15(4)19(14(12)3)24(22,23)21-20-9-16-6-17(10-20)8-18(7-16)11-20/h5,16-18,21H,6-11H2,1-4H3. The molecule has 132 valence electrons. The lowest BCUT2D eigenvalue weighted by atomic mass is 9.53. The van der Waals surface area contributed by atoms with Gasteiger partial charge in [0.2, 0.25) is 10.0 Å². The van der Waals surface area contributed by atoms with Crippen molar-refractivity contribution in [2.75, 3.05) is 0 Å². The highest BCUT2D eigenvalue weighted by Crippen LogP contribution is 2.56. The van der Waals surface area contributed by atoms with Crippen molar-refractivity contribution in [3.63, 3.8) is 0 Å². The van der Waals surface area contributed by atoms with Gasteiger partial charge in [-0.1, -0.05) is 6.07 Å². The second-order valence-corrected chi connectivity index (χ2v) is 10.5. The maximum Gasteiger partial charge on any atom is 0.241 e. The fourth-order valence-electron chi connectivity index (χ4n) is 6.16. The van der Waals surface area contributed by atoms with Gasteiger partial charge in [-0.25, -0.2) is 13.1 Å². The maximum atomic E-state index is 13.4. The molecule has 0 radical (unpaired) electrons. The average molecular weight is 348 g/mol. The molecule has 1 N–H and O–H groups in total. The minimum Gasteiger partial charge on any atom is -0.207 e. The second kappa shape index (κ2) is 5.31. The summed E-state index contributed by atoms with van der Waals surface area (Å²) in [6.07, 6.45) is 7.09. The Labute approximate surface area is 146 Å². The molecule has 1 aromatic carbocycles. The van der Waals surface area contributed by atoms with Gasteiger partial charge in [0.1, 0.15) is 0 Å². The summed E-state index contributed by atoms with van der Waals surface area (Å²) in [4.78, 5) is 0.524. The Morgan fingerprint density at radius 1 is 0.875 bits per heavy atom. The Morgan fingerprint density at radius 3 is 1.71 bits per heavy atom. The van der Waals surface area contributed by atoms with E-state index >= 15 is 0 Å². The number of hydrogen-bond donors (Lipinski definition) is 1. The molecule has 0 heterocycles. The molecule has 0 amide bonds. The molecule has 3 nitrogen and oxygen atoms in total. The van der Waals surface area contributed by atoms with Crippen molar-refractivity contribution < 1.29 is 8.42 Å². The highest BCUT2D eigenvalue weighted by Gasteiger charge is 2.52. The molecular weight excluding hydrogens is 318 g/mol. The van der Waals surface area contributed by atoms with Crippen LogP contribution in [0.3, 0.4) is 0 Å². The summed E-state index contributed by atoms with van der Waals surface area (Å²) in [6.45, 7) is 7.89. The van der Waals surface area contributed by atoms with Gasteiger partial charge < -0.3 is 0 Å². The summed E-state index contributed by atoms with van der Waals surface area (Å²) in [6, 6.07) is 2.09. The lowest BCUT2D eigenvalue weighted by Crippen LogP contribution is -2.59. The van der Waals surface area contributed by atoms with Gasteiger partial charge in [0.15, 0.2) is 0 Å². The van der Waals surface area contributed by atoms with Crippen molar-refractivity contribution in [3.05, 3.63) is 28.3 Å². The molecule has 4 fully saturated rings. The van der Waals surface area contributed by atoms with Gasteiger partial charge in [-0.3, -0.25) is 0 Å². The first kappa shape index (κ1) is 16.6. The topological polar surface area (TPSA) is 46.2 Å². The van der Waals surface area contributed by atoms with Crippen LogP contribution in [-0.2, 0) is 10.0 Å². The quantitative estimate of drug-likeness (QED) is 0.892. The average Bonchev–Trinajstić information content (AvgIpc) is 2.42. The number of sulfonamides is 1. The third-order valence-corrected chi connectivity index (χ3v) is 8.81. The molecule has 0 saturated heterocycles. The van der Waals surface area contributed by atoms with Crippen molar-refractivity contribution in [3.8, 4) is 0 Å². The van der Waals surface area contributed by atoms with Crippen molar-refractivity contribution in [2.45, 2.75) is 76.7 Å². The molecule has 5 rings (SSSR count). The number of hydrogen-bond acceptors (Lipinski definition) is 2. The zero-order valence-corrected chi connectivity index (χ0v) is 16.1. The van der Waals surface area contributed by atoms with Crippen LogP contribution in [0.1, 0.15) is 60.8 Å². The Bertz CT molecular complexity index is 733. The first-order valence-corrected chi connectivity index (χ1v) is 10.8. The monoisotopic (exact) mass is 347 g/mol. The Balaban J connectivity index is 1.73. The van der Waals surface area contributed by atoms with Crippen molar-refractivity contribution >= 4 is 10.0 Å². The number of benzene rings is 1. The van der Waals surface area contributed by atoms with Crippen LogP contribution in [-0.4, -0.2) is 14.0 Å². The normalized spacial score (nSPS) is 34.8. The highest BCUT2D eigenvalue weighted by atomic mass is 32.2.